The molecular formula is C28H68O20P4. The van der Waals surface area contributed by atoms with Gasteiger partial charge in [-0.05, 0) is 13.3 Å². The van der Waals surface area contributed by atoms with Crippen molar-refractivity contribution in [1.29, 1.82) is 0 Å². The van der Waals surface area contributed by atoms with Crippen molar-refractivity contribution in [3.63, 3.8) is 0 Å². The van der Waals surface area contributed by atoms with Gasteiger partial charge in [0.25, 0.3) is 0 Å². The zero-order valence-electron chi connectivity index (χ0n) is 31.9. The molecule has 0 saturated carbocycles. The molecule has 0 fully saturated rings. The Kier molecular flexibility index (Phi) is 57.8. The molecule has 0 saturated heterocycles. The zero-order valence-corrected chi connectivity index (χ0v) is 35.5. The molecule has 0 rings (SSSR count). The predicted molar refractivity (Wildman–Crippen MR) is 199 cm³/mol. The number of rotatable bonds is 15. The summed E-state index contributed by atoms with van der Waals surface area (Å²) >= 11 is 0. The van der Waals surface area contributed by atoms with E-state index >= 15 is 0 Å². The van der Waals surface area contributed by atoms with E-state index in [2.05, 4.69) is 55.4 Å². The van der Waals surface area contributed by atoms with Crippen LogP contribution in [0.5, 0.6) is 0 Å². The SMILES string of the molecule is CC(C(=O)O)P(=O)(O)O.CCCC.CCCC.CCCC.CCCC.O=C(O)CCCP(=O)(O)O.O=C(O)CCP(=O)(O)O.O=C(O)CP(=O)(O)O. The maximum absolute atomic E-state index is 10.1. The van der Waals surface area contributed by atoms with Crippen LogP contribution < -0.4 is 0 Å². The van der Waals surface area contributed by atoms with Crippen molar-refractivity contribution in [2.24, 2.45) is 0 Å². The third kappa shape index (κ3) is 118. The molecular weight excluding hydrogens is 780 g/mol. The summed E-state index contributed by atoms with van der Waals surface area (Å²) in [7, 11) is -16.8. The molecule has 0 bridgehead atoms. The van der Waals surface area contributed by atoms with Crippen LogP contribution in [-0.4, -0.2) is 108 Å². The Morgan fingerprint density at radius 3 is 0.788 bits per heavy atom. The topological polar surface area (TPSA) is 379 Å². The lowest BCUT2D eigenvalue weighted by Gasteiger charge is -2.06. The highest BCUT2D eigenvalue weighted by molar-refractivity contribution is 7.53. The first-order chi connectivity index (χ1) is 23.3. The second-order valence-corrected chi connectivity index (χ2v) is 17.4. The molecule has 0 aromatic heterocycles. The van der Waals surface area contributed by atoms with Gasteiger partial charge in [0.1, 0.15) is 6.16 Å². The van der Waals surface area contributed by atoms with Crippen molar-refractivity contribution >= 4 is 54.3 Å². The second-order valence-electron chi connectivity index (χ2n) is 10.2. The first kappa shape index (κ1) is 68.5. The molecule has 0 radical (unpaired) electrons. The third-order valence-electron chi connectivity index (χ3n) is 4.66. The molecule has 320 valence electrons. The van der Waals surface area contributed by atoms with E-state index in [9.17, 15) is 37.4 Å². The summed E-state index contributed by atoms with van der Waals surface area (Å²) < 4.78 is 39.9. The smallest absolute Gasteiger partial charge is 0.339 e. The highest BCUT2D eigenvalue weighted by atomic mass is 31.2. The van der Waals surface area contributed by atoms with E-state index in [1.165, 1.54) is 51.4 Å². The summed E-state index contributed by atoms with van der Waals surface area (Å²) in [5.74, 6) is -5.20. The largest absolute Gasteiger partial charge is 0.481 e. The van der Waals surface area contributed by atoms with Gasteiger partial charge in [0.2, 0.25) is 0 Å². The van der Waals surface area contributed by atoms with Crippen molar-refractivity contribution in [1.82, 2.24) is 0 Å². The van der Waals surface area contributed by atoms with Crippen LogP contribution in [0.15, 0.2) is 0 Å². The first-order valence-electron chi connectivity index (χ1n) is 16.3. The summed E-state index contributed by atoms with van der Waals surface area (Å²) in [6.07, 6.45) is 7.89. The van der Waals surface area contributed by atoms with E-state index in [1.54, 1.807) is 0 Å². The average molecular weight is 849 g/mol. The molecule has 1 unspecified atom stereocenters. The predicted octanol–water partition coefficient (Wildman–Crippen LogP) is 5.78. The van der Waals surface area contributed by atoms with Crippen LogP contribution in [0.2, 0.25) is 0 Å². The summed E-state index contributed by atoms with van der Waals surface area (Å²) in [6.45, 7) is 18.4. The van der Waals surface area contributed by atoms with Gasteiger partial charge in [-0.1, -0.05) is 107 Å². The van der Waals surface area contributed by atoms with Crippen molar-refractivity contribution in [2.75, 3.05) is 18.5 Å². The number of aliphatic carboxylic acids is 4. The van der Waals surface area contributed by atoms with E-state index in [0.717, 1.165) is 6.92 Å². The Labute approximate surface area is 308 Å². The van der Waals surface area contributed by atoms with Gasteiger partial charge >= 0.3 is 54.3 Å². The average Bonchev–Trinajstić information content (AvgIpc) is 2.98. The molecule has 0 amide bonds. The molecule has 0 heterocycles. The molecule has 24 heteroatoms. The zero-order chi connectivity index (χ0) is 43.8. The number of carbonyl (C=O) groups is 4. The Bertz CT molecular complexity index is 1010. The lowest BCUT2D eigenvalue weighted by atomic mass is 10.3. The second kappa shape index (κ2) is 43.9. The monoisotopic (exact) mass is 848 g/mol. The molecule has 0 aromatic carbocycles. The van der Waals surface area contributed by atoms with Gasteiger partial charge in [-0.25, -0.2) is 0 Å². The van der Waals surface area contributed by atoms with Gasteiger partial charge in [0.15, 0.2) is 5.66 Å². The lowest BCUT2D eigenvalue weighted by Crippen LogP contribution is -2.15. The highest BCUT2D eigenvalue weighted by Gasteiger charge is 2.30. The van der Waals surface area contributed by atoms with Crippen molar-refractivity contribution in [2.45, 2.75) is 139 Å². The molecule has 1 atom stereocenters. The highest BCUT2D eigenvalue weighted by Crippen LogP contribution is 2.40. The quantitative estimate of drug-likeness (QED) is 0.0868. The number of carboxylic acid groups (broad SMARTS) is 4. The number of unbranched alkanes of at least 4 members (excludes halogenated alkanes) is 4. The summed E-state index contributed by atoms with van der Waals surface area (Å²) in [4.78, 5) is 104. The maximum atomic E-state index is 10.1. The molecule has 52 heavy (non-hydrogen) atoms. The van der Waals surface area contributed by atoms with Gasteiger partial charge in [-0.15, -0.1) is 0 Å². The Morgan fingerprint density at radius 2 is 0.712 bits per heavy atom. The van der Waals surface area contributed by atoms with E-state index in [4.69, 9.17) is 59.6 Å². The fourth-order valence-electron chi connectivity index (χ4n) is 0.998. The Balaban J connectivity index is -0.0000000730. The van der Waals surface area contributed by atoms with Gasteiger partial charge in [-0.2, -0.15) is 0 Å². The van der Waals surface area contributed by atoms with Crippen LogP contribution in [0, 0.1) is 0 Å². The van der Waals surface area contributed by atoms with Gasteiger partial charge in [-0.3, -0.25) is 37.4 Å². The third-order valence-corrected chi connectivity index (χ3v) is 8.28. The van der Waals surface area contributed by atoms with Crippen LogP contribution in [0.1, 0.15) is 133 Å². The van der Waals surface area contributed by atoms with E-state index in [-0.39, 0.29) is 19.0 Å². The van der Waals surface area contributed by atoms with Crippen LogP contribution in [-0.2, 0) is 37.4 Å². The summed E-state index contributed by atoms with van der Waals surface area (Å²) in [5, 5.41) is 31.8. The molecule has 20 nitrogen and oxygen atoms in total. The number of hydrogen-bond acceptors (Lipinski definition) is 8. The standard InChI is InChI=1S/C4H9O5P.4C4H10.2C3H7O5P.C2H5O5P/c5-4(6)2-1-3-10(7,8)9;4*1-3-4-2;1-2(3(4)5)9(6,7)8;4-3(5)1-2-9(6,7)8;3-2(4)1-8(5,6)7/h1-3H2,(H,5,6)(H2,7,8,9);4*3-4H2,1-2H3;2H,1H3,(H,4,5)(H2,6,7,8);1-2H2,(H,4,5)(H2,6,7,8);1H2,(H,3,4)(H2,5,6,7). The Morgan fingerprint density at radius 1 is 0.442 bits per heavy atom. The van der Waals surface area contributed by atoms with E-state index < -0.39 is 78.7 Å². The number of carboxylic acids is 4. The minimum atomic E-state index is -4.41. The molecule has 0 spiro atoms. The maximum Gasteiger partial charge on any atom is 0.339 e. The van der Waals surface area contributed by atoms with E-state index in [0.29, 0.717) is 0 Å². The molecule has 0 aliphatic rings. The molecule has 0 aliphatic heterocycles. The van der Waals surface area contributed by atoms with Crippen LogP contribution >= 0.6 is 30.4 Å². The fourth-order valence-corrected chi connectivity index (χ4v) is 2.69. The van der Waals surface area contributed by atoms with Crippen molar-refractivity contribution in [3.8, 4) is 0 Å². The summed E-state index contributed by atoms with van der Waals surface area (Å²) in [5.41, 5.74) is -1.60. The minimum absolute atomic E-state index is 0.0274. The first-order valence-corrected chi connectivity index (χ1v) is 23.4. The van der Waals surface area contributed by atoms with Gasteiger partial charge in [0.05, 0.1) is 18.7 Å². The van der Waals surface area contributed by atoms with Crippen LogP contribution in [0.4, 0.5) is 0 Å². The van der Waals surface area contributed by atoms with E-state index in [1.807, 2.05) is 0 Å². The molecule has 12 N–H and O–H groups in total. The number of hydrogen-bond donors (Lipinski definition) is 12. The van der Waals surface area contributed by atoms with Crippen molar-refractivity contribution < 1.29 is 97.0 Å². The van der Waals surface area contributed by atoms with Crippen LogP contribution in [0.3, 0.4) is 0 Å². The van der Waals surface area contributed by atoms with Crippen molar-refractivity contribution in [3.05, 3.63) is 0 Å². The fraction of sp³-hybridized carbons (Fsp3) is 0.857. The minimum Gasteiger partial charge on any atom is -0.481 e. The van der Waals surface area contributed by atoms with Gasteiger partial charge in [0, 0.05) is 6.42 Å². The Hall–Kier alpha value is -1.52. The molecule has 0 aromatic rings. The van der Waals surface area contributed by atoms with Gasteiger partial charge < -0.3 is 59.6 Å². The van der Waals surface area contributed by atoms with Crippen LogP contribution in [0.25, 0.3) is 0 Å². The summed E-state index contributed by atoms with van der Waals surface area (Å²) in [6, 6.07) is 0. The lowest BCUT2D eigenvalue weighted by molar-refractivity contribution is -0.137. The normalized spacial score (nSPS) is 10.8. The molecule has 0 aliphatic carbocycles.